The van der Waals surface area contributed by atoms with Crippen LogP contribution in [0, 0.1) is 6.92 Å². The van der Waals surface area contributed by atoms with Crippen molar-refractivity contribution in [2.24, 2.45) is 0 Å². The zero-order chi connectivity index (χ0) is 16.2. The zero-order valence-electron chi connectivity index (χ0n) is 13.6. The summed E-state index contributed by atoms with van der Waals surface area (Å²) in [6, 6.07) is 9.89. The molecule has 1 aliphatic heterocycles. The molecule has 5 nitrogen and oxygen atoms in total. The number of rotatable bonds is 4. The maximum atomic E-state index is 12.4. The van der Waals surface area contributed by atoms with Crippen LogP contribution >= 0.6 is 0 Å². The molecule has 1 aromatic heterocycles. The second-order valence-electron chi connectivity index (χ2n) is 5.67. The molecule has 1 aliphatic rings. The fourth-order valence-corrected chi connectivity index (χ4v) is 2.96. The minimum Gasteiger partial charge on any atom is -0.461 e. The Hall–Kier alpha value is -2.14. The van der Waals surface area contributed by atoms with Gasteiger partial charge in [-0.15, -0.1) is 0 Å². The van der Waals surface area contributed by atoms with Crippen LogP contribution in [0.25, 0.3) is 11.3 Å². The topological polar surface area (TPSA) is 53.3 Å². The second-order valence-corrected chi connectivity index (χ2v) is 5.67. The molecule has 122 valence electrons. The number of nitrogens with zero attached hydrogens (tertiary/aromatic N) is 2. The molecule has 0 saturated carbocycles. The highest BCUT2D eigenvalue weighted by atomic mass is 16.5. The van der Waals surface area contributed by atoms with Crippen LogP contribution in [0.3, 0.4) is 0 Å². The Labute approximate surface area is 136 Å². The number of aromatic nitrogens is 2. The molecule has 0 spiro atoms. The van der Waals surface area contributed by atoms with Gasteiger partial charge in [0.05, 0.1) is 12.3 Å². The van der Waals surface area contributed by atoms with Gasteiger partial charge in [-0.05, 0) is 33.1 Å². The summed E-state index contributed by atoms with van der Waals surface area (Å²) in [5.74, 6) is -0.339. The number of carbonyl (C=O) groups is 1. The van der Waals surface area contributed by atoms with Crippen molar-refractivity contribution in [1.29, 1.82) is 0 Å². The first-order valence-electron chi connectivity index (χ1n) is 8.15. The lowest BCUT2D eigenvalue weighted by Crippen LogP contribution is -2.24. The Bertz CT molecular complexity index is 673. The fraction of sp³-hybridized carbons (Fsp3) is 0.444. The molecule has 1 fully saturated rings. The molecule has 2 aromatic rings. The summed E-state index contributed by atoms with van der Waals surface area (Å²) in [7, 11) is 0. The van der Waals surface area contributed by atoms with Gasteiger partial charge in [-0.1, -0.05) is 30.3 Å². The molecular formula is C18H22N2O3. The van der Waals surface area contributed by atoms with Gasteiger partial charge >= 0.3 is 5.97 Å². The fourth-order valence-electron chi connectivity index (χ4n) is 2.96. The van der Waals surface area contributed by atoms with E-state index in [-0.39, 0.29) is 12.2 Å². The molecule has 0 bridgehead atoms. The first-order chi connectivity index (χ1) is 11.2. The molecule has 0 amide bonds. The monoisotopic (exact) mass is 314 g/mol. The predicted molar refractivity (Wildman–Crippen MR) is 87.2 cm³/mol. The lowest BCUT2D eigenvalue weighted by molar-refractivity contribution is -0.0416. The normalized spacial score (nSPS) is 17.9. The quantitative estimate of drug-likeness (QED) is 0.807. The maximum absolute atomic E-state index is 12.4. The van der Waals surface area contributed by atoms with Crippen LogP contribution in [0.15, 0.2) is 30.3 Å². The van der Waals surface area contributed by atoms with Crippen LogP contribution in [0.1, 0.15) is 48.5 Å². The molecule has 1 unspecified atom stereocenters. The number of hydrogen-bond donors (Lipinski definition) is 0. The van der Waals surface area contributed by atoms with Gasteiger partial charge < -0.3 is 9.47 Å². The molecule has 0 radical (unpaired) electrons. The lowest BCUT2D eigenvalue weighted by Gasteiger charge is -2.24. The van der Waals surface area contributed by atoms with Gasteiger partial charge in [0, 0.05) is 17.7 Å². The van der Waals surface area contributed by atoms with E-state index >= 15 is 0 Å². The molecule has 1 saturated heterocycles. The van der Waals surface area contributed by atoms with Gasteiger partial charge in [0.25, 0.3) is 0 Å². The van der Waals surface area contributed by atoms with Gasteiger partial charge in [-0.25, -0.2) is 9.48 Å². The minimum absolute atomic E-state index is 0.195. The van der Waals surface area contributed by atoms with Crippen LogP contribution in [0.4, 0.5) is 0 Å². The van der Waals surface area contributed by atoms with E-state index in [0.717, 1.165) is 36.1 Å². The highest BCUT2D eigenvalue weighted by Gasteiger charge is 2.28. The van der Waals surface area contributed by atoms with Gasteiger partial charge in [0.1, 0.15) is 0 Å². The Kier molecular flexibility index (Phi) is 4.76. The molecule has 1 aromatic carbocycles. The number of ether oxygens (including phenoxy) is 2. The van der Waals surface area contributed by atoms with E-state index in [4.69, 9.17) is 14.6 Å². The van der Waals surface area contributed by atoms with Gasteiger partial charge in [-0.3, -0.25) is 0 Å². The Morgan fingerprint density at radius 1 is 1.35 bits per heavy atom. The standard InChI is InChI=1S/C18H22N2O3/c1-3-22-18(21)17-13(2)16(14-9-5-4-6-10-14)19-20(17)15-11-7-8-12-23-15/h4-6,9-10,15H,3,7-8,11-12H2,1-2H3. The summed E-state index contributed by atoms with van der Waals surface area (Å²) >= 11 is 0. The second kappa shape index (κ2) is 6.96. The van der Waals surface area contributed by atoms with E-state index in [1.54, 1.807) is 4.68 Å². The van der Waals surface area contributed by atoms with Crippen LogP contribution < -0.4 is 0 Å². The molecule has 2 heterocycles. The summed E-state index contributed by atoms with van der Waals surface area (Å²) in [6.07, 6.45) is 2.80. The van der Waals surface area contributed by atoms with Crippen molar-refractivity contribution in [3.63, 3.8) is 0 Å². The molecule has 23 heavy (non-hydrogen) atoms. The van der Waals surface area contributed by atoms with Crippen molar-refractivity contribution in [2.75, 3.05) is 13.2 Å². The average Bonchev–Trinajstić information content (AvgIpc) is 2.94. The van der Waals surface area contributed by atoms with Crippen molar-refractivity contribution < 1.29 is 14.3 Å². The van der Waals surface area contributed by atoms with E-state index in [0.29, 0.717) is 18.9 Å². The van der Waals surface area contributed by atoms with E-state index < -0.39 is 0 Å². The van der Waals surface area contributed by atoms with Crippen LogP contribution in [-0.2, 0) is 9.47 Å². The number of hydrogen-bond acceptors (Lipinski definition) is 4. The molecular weight excluding hydrogens is 292 g/mol. The third kappa shape index (κ3) is 3.15. The van der Waals surface area contributed by atoms with Crippen molar-refractivity contribution in [3.8, 4) is 11.3 Å². The van der Waals surface area contributed by atoms with Crippen molar-refractivity contribution >= 4 is 5.97 Å². The predicted octanol–water partition coefficient (Wildman–Crippen LogP) is 3.73. The Balaban J connectivity index is 2.07. The van der Waals surface area contributed by atoms with E-state index in [9.17, 15) is 4.79 Å². The highest BCUT2D eigenvalue weighted by Crippen LogP contribution is 2.30. The summed E-state index contributed by atoms with van der Waals surface area (Å²) in [6.45, 7) is 4.77. The molecule has 3 rings (SSSR count). The van der Waals surface area contributed by atoms with E-state index in [1.165, 1.54) is 0 Å². The Morgan fingerprint density at radius 3 is 2.78 bits per heavy atom. The minimum atomic E-state index is -0.339. The number of esters is 1. The Morgan fingerprint density at radius 2 is 2.13 bits per heavy atom. The van der Waals surface area contributed by atoms with Gasteiger partial charge in [-0.2, -0.15) is 5.10 Å². The third-order valence-corrected chi connectivity index (χ3v) is 4.09. The van der Waals surface area contributed by atoms with Crippen LogP contribution in [0.2, 0.25) is 0 Å². The maximum Gasteiger partial charge on any atom is 0.357 e. The van der Waals surface area contributed by atoms with Gasteiger partial charge in [0.2, 0.25) is 0 Å². The zero-order valence-corrected chi connectivity index (χ0v) is 13.6. The number of carbonyl (C=O) groups excluding carboxylic acids is 1. The molecule has 0 aliphatic carbocycles. The van der Waals surface area contributed by atoms with Gasteiger partial charge in [0.15, 0.2) is 11.9 Å². The SMILES string of the molecule is CCOC(=O)c1c(C)c(-c2ccccc2)nn1C1CCCCO1. The summed E-state index contributed by atoms with van der Waals surface area (Å²) in [5, 5.41) is 4.70. The highest BCUT2D eigenvalue weighted by molar-refractivity contribution is 5.91. The van der Waals surface area contributed by atoms with Crippen LogP contribution in [0.5, 0.6) is 0 Å². The van der Waals surface area contributed by atoms with Crippen molar-refractivity contribution in [1.82, 2.24) is 9.78 Å². The number of benzene rings is 1. The van der Waals surface area contributed by atoms with Crippen molar-refractivity contribution in [3.05, 3.63) is 41.6 Å². The summed E-state index contributed by atoms with van der Waals surface area (Å²) in [5.41, 5.74) is 3.13. The lowest BCUT2D eigenvalue weighted by atomic mass is 10.1. The van der Waals surface area contributed by atoms with E-state index in [1.807, 2.05) is 44.2 Å². The van der Waals surface area contributed by atoms with E-state index in [2.05, 4.69) is 0 Å². The first-order valence-corrected chi connectivity index (χ1v) is 8.15. The average molecular weight is 314 g/mol. The first kappa shape index (κ1) is 15.7. The molecule has 1 atom stereocenters. The van der Waals surface area contributed by atoms with Crippen LogP contribution in [-0.4, -0.2) is 29.0 Å². The molecule has 0 N–H and O–H groups in total. The summed E-state index contributed by atoms with van der Waals surface area (Å²) in [4.78, 5) is 12.4. The largest absolute Gasteiger partial charge is 0.461 e. The summed E-state index contributed by atoms with van der Waals surface area (Å²) < 4.78 is 12.8. The smallest absolute Gasteiger partial charge is 0.357 e. The molecule has 5 heteroatoms. The third-order valence-electron chi connectivity index (χ3n) is 4.09. The van der Waals surface area contributed by atoms with Crippen molar-refractivity contribution in [2.45, 2.75) is 39.3 Å².